The smallest absolute Gasteiger partial charge is 0.0900 e. The molecule has 1 N–H and O–H groups in total. The normalized spacial score (nSPS) is 13.4. The van der Waals surface area contributed by atoms with E-state index in [-0.39, 0.29) is 5.41 Å². The lowest BCUT2D eigenvalue weighted by Crippen LogP contribution is -2.36. The lowest BCUT2D eigenvalue weighted by Gasteiger charge is -2.26. The lowest BCUT2D eigenvalue weighted by atomic mass is 9.87. The first kappa shape index (κ1) is 23.7. The Morgan fingerprint density at radius 1 is 1.10 bits per heavy atom. The van der Waals surface area contributed by atoms with Crippen molar-refractivity contribution in [2.75, 3.05) is 26.8 Å². The van der Waals surface area contributed by atoms with Crippen LogP contribution in [0.25, 0.3) is 0 Å². The van der Waals surface area contributed by atoms with Crippen LogP contribution in [-0.4, -0.2) is 47.5 Å². The zero-order valence-electron chi connectivity index (χ0n) is 19.2. The molecule has 0 spiro atoms. The van der Waals surface area contributed by atoms with Crippen molar-refractivity contribution in [2.45, 2.75) is 65.6 Å². The van der Waals surface area contributed by atoms with Gasteiger partial charge in [-0.3, -0.25) is 4.90 Å². The Balaban J connectivity index is 2.07. The zero-order chi connectivity index (χ0) is 21.4. The lowest BCUT2D eigenvalue weighted by molar-refractivity contribution is 0.0343. The van der Waals surface area contributed by atoms with Gasteiger partial charge < -0.3 is 14.4 Å². The van der Waals surface area contributed by atoms with Crippen LogP contribution in [0.3, 0.4) is 0 Å². The maximum Gasteiger partial charge on any atom is 0.0900 e. The molecule has 0 saturated heterocycles. The van der Waals surface area contributed by atoms with Crippen LogP contribution in [0.5, 0.6) is 0 Å². The van der Waals surface area contributed by atoms with Gasteiger partial charge in [-0.25, -0.2) is 0 Å². The van der Waals surface area contributed by atoms with E-state index in [9.17, 15) is 5.11 Å². The highest BCUT2D eigenvalue weighted by atomic mass is 16.5. The first-order valence-corrected chi connectivity index (χ1v) is 10.8. The van der Waals surface area contributed by atoms with Gasteiger partial charge in [0.2, 0.25) is 0 Å². The van der Waals surface area contributed by atoms with Gasteiger partial charge in [0.15, 0.2) is 0 Å². The van der Waals surface area contributed by atoms with Crippen LogP contribution in [0.2, 0.25) is 0 Å². The van der Waals surface area contributed by atoms with Crippen molar-refractivity contribution < 1.29 is 9.84 Å². The fourth-order valence-corrected chi connectivity index (χ4v) is 3.50. The molecule has 1 heterocycles. The maximum atomic E-state index is 10.2. The number of hydrogen-bond donors (Lipinski definition) is 1. The van der Waals surface area contributed by atoms with E-state index < -0.39 is 6.10 Å². The molecule has 4 heteroatoms. The van der Waals surface area contributed by atoms with Crippen molar-refractivity contribution in [1.29, 1.82) is 0 Å². The Kier molecular flexibility index (Phi) is 8.94. The van der Waals surface area contributed by atoms with E-state index in [1.54, 1.807) is 7.11 Å². The van der Waals surface area contributed by atoms with Crippen LogP contribution >= 0.6 is 0 Å². The van der Waals surface area contributed by atoms with Crippen LogP contribution in [0.1, 0.15) is 57.9 Å². The predicted octanol–water partition coefficient (Wildman–Crippen LogP) is 4.69. The summed E-state index contributed by atoms with van der Waals surface area (Å²) in [7, 11) is 1.64. The van der Waals surface area contributed by atoms with Crippen LogP contribution in [-0.2, 0) is 23.2 Å². The molecule has 1 aromatic carbocycles. The van der Waals surface area contributed by atoms with Gasteiger partial charge >= 0.3 is 0 Å². The van der Waals surface area contributed by atoms with Crippen molar-refractivity contribution in [2.24, 2.45) is 5.92 Å². The van der Waals surface area contributed by atoms with Crippen LogP contribution in [0.15, 0.2) is 42.6 Å². The number of aromatic nitrogens is 1. The van der Waals surface area contributed by atoms with Gasteiger partial charge in [0, 0.05) is 38.6 Å². The molecule has 0 aliphatic heterocycles. The summed E-state index contributed by atoms with van der Waals surface area (Å²) in [6.45, 7) is 14.9. The standard InChI is InChI=1S/C25H40N2O2/c1-20(2)13-15-26(18-24(28)19-29-6)17-23-8-7-14-27(23)16-21-9-11-22(12-10-21)25(3,4)5/h7-12,14,20,24,28H,13,15-19H2,1-6H3/t24-/m0/s1. The molecule has 0 unspecified atom stereocenters. The second kappa shape index (κ2) is 11.0. The molecule has 0 bridgehead atoms. The van der Waals surface area contributed by atoms with Crippen molar-refractivity contribution in [1.82, 2.24) is 9.47 Å². The van der Waals surface area contributed by atoms with E-state index in [1.165, 1.54) is 16.8 Å². The maximum absolute atomic E-state index is 10.2. The average molecular weight is 401 g/mol. The Bertz CT molecular complexity index is 713. The van der Waals surface area contributed by atoms with Crippen LogP contribution < -0.4 is 0 Å². The van der Waals surface area contributed by atoms with E-state index in [0.717, 1.165) is 26.1 Å². The minimum atomic E-state index is -0.458. The molecule has 2 rings (SSSR count). The number of benzene rings is 1. The summed E-state index contributed by atoms with van der Waals surface area (Å²) in [6, 6.07) is 13.3. The number of hydrogen-bond acceptors (Lipinski definition) is 3. The third-order valence-electron chi connectivity index (χ3n) is 5.33. The first-order chi connectivity index (χ1) is 13.7. The summed E-state index contributed by atoms with van der Waals surface area (Å²) in [5.74, 6) is 0.644. The highest BCUT2D eigenvalue weighted by Gasteiger charge is 2.16. The zero-order valence-corrected chi connectivity index (χ0v) is 19.2. The molecule has 162 valence electrons. The van der Waals surface area contributed by atoms with E-state index in [2.05, 4.69) is 86.7 Å². The summed E-state index contributed by atoms with van der Waals surface area (Å²) in [4.78, 5) is 2.35. The molecule has 4 nitrogen and oxygen atoms in total. The molecule has 2 aromatic rings. The summed E-state index contributed by atoms with van der Waals surface area (Å²) >= 11 is 0. The Morgan fingerprint density at radius 2 is 1.79 bits per heavy atom. The average Bonchev–Trinajstić information content (AvgIpc) is 3.06. The highest BCUT2D eigenvalue weighted by molar-refractivity contribution is 5.28. The van der Waals surface area contributed by atoms with Gasteiger partial charge in [-0.2, -0.15) is 0 Å². The van der Waals surface area contributed by atoms with Gasteiger partial charge in [-0.15, -0.1) is 0 Å². The molecule has 0 fully saturated rings. The van der Waals surface area contributed by atoms with E-state index in [4.69, 9.17) is 4.74 Å². The molecule has 29 heavy (non-hydrogen) atoms. The van der Waals surface area contributed by atoms with Gasteiger partial charge in [0.25, 0.3) is 0 Å². The Labute approximate surface area is 177 Å². The van der Waals surface area contributed by atoms with Crippen molar-refractivity contribution in [3.8, 4) is 0 Å². The highest BCUT2D eigenvalue weighted by Crippen LogP contribution is 2.22. The minimum absolute atomic E-state index is 0.178. The van der Waals surface area contributed by atoms with E-state index in [0.29, 0.717) is 19.1 Å². The third-order valence-corrected chi connectivity index (χ3v) is 5.33. The van der Waals surface area contributed by atoms with Gasteiger partial charge in [-0.05, 0) is 47.6 Å². The number of aliphatic hydroxyl groups is 1. The number of ether oxygens (including phenoxy) is 1. The second-order valence-electron chi connectivity index (χ2n) is 9.60. The van der Waals surface area contributed by atoms with E-state index >= 15 is 0 Å². The van der Waals surface area contributed by atoms with Gasteiger partial charge in [0.05, 0.1) is 12.7 Å². The fraction of sp³-hybridized carbons (Fsp3) is 0.600. The van der Waals surface area contributed by atoms with Crippen molar-refractivity contribution in [3.05, 3.63) is 59.4 Å². The minimum Gasteiger partial charge on any atom is -0.389 e. The summed E-state index contributed by atoms with van der Waals surface area (Å²) in [5, 5.41) is 10.2. The second-order valence-corrected chi connectivity index (χ2v) is 9.60. The quantitative estimate of drug-likeness (QED) is 0.595. The molecule has 0 radical (unpaired) electrons. The molecular weight excluding hydrogens is 360 g/mol. The Hall–Kier alpha value is -1.62. The number of aliphatic hydroxyl groups excluding tert-OH is 1. The summed E-state index contributed by atoms with van der Waals surface area (Å²) in [5.41, 5.74) is 4.12. The molecule has 0 aliphatic carbocycles. The van der Waals surface area contributed by atoms with Crippen molar-refractivity contribution in [3.63, 3.8) is 0 Å². The van der Waals surface area contributed by atoms with Crippen molar-refractivity contribution >= 4 is 0 Å². The Morgan fingerprint density at radius 3 is 2.38 bits per heavy atom. The number of rotatable bonds is 11. The molecule has 0 aliphatic rings. The largest absolute Gasteiger partial charge is 0.389 e. The number of nitrogens with zero attached hydrogens (tertiary/aromatic N) is 2. The molecule has 1 aromatic heterocycles. The SMILES string of the molecule is COC[C@@H](O)CN(CCC(C)C)Cc1cccn1Cc1ccc(C(C)(C)C)cc1. The molecule has 0 saturated carbocycles. The van der Waals surface area contributed by atoms with Crippen LogP contribution in [0, 0.1) is 5.92 Å². The molecule has 1 atom stereocenters. The summed E-state index contributed by atoms with van der Waals surface area (Å²) in [6.07, 6.45) is 2.81. The fourth-order valence-electron chi connectivity index (χ4n) is 3.50. The van der Waals surface area contributed by atoms with Gasteiger partial charge in [0.1, 0.15) is 0 Å². The molecule has 0 amide bonds. The summed E-state index contributed by atoms with van der Waals surface area (Å²) < 4.78 is 7.44. The monoisotopic (exact) mass is 400 g/mol. The molecular formula is C25H40N2O2. The topological polar surface area (TPSA) is 37.6 Å². The number of methoxy groups -OCH3 is 1. The predicted molar refractivity (Wildman–Crippen MR) is 121 cm³/mol. The van der Waals surface area contributed by atoms with Gasteiger partial charge in [-0.1, -0.05) is 58.9 Å². The van der Waals surface area contributed by atoms with E-state index in [1.807, 2.05) is 0 Å². The third kappa shape index (κ3) is 7.96. The van der Waals surface area contributed by atoms with Crippen LogP contribution in [0.4, 0.5) is 0 Å². The first-order valence-electron chi connectivity index (χ1n) is 10.8.